The average Bonchev–Trinajstić information content (AvgIpc) is 2.13. The molecule has 15 heavy (non-hydrogen) atoms. The first-order valence-corrected chi connectivity index (χ1v) is 6.36. The van der Waals surface area contributed by atoms with Gasteiger partial charge in [0.2, 0.25) is 0 Å². The normalized spacial score (nSPS) is 22.1. The maximum absolute atomic E-state index is 12.0. The van der Waals surface area contributed by atoms with E-state index in [4.69, 9.17) is 0 Å². The first-order chi connectivity index (χ1) is 6.84. The Morgan fingerprint density at radius 1 is 1.20 bits per heavy atom. The van der Waals surface area contributed by atoms with Crippen LogP contribution in [0.1, 0.15) is 24.2 Å². The van der Waals surface area contributed by atoms with Gasteiger partial charge < -0.3 is 0 Å². The second kappa shape index (κ2) is 2.92. The second-order valence-corrected chi connectivity index (χ2v) is 6.43. The summed E-state index contributed by atoms with van der Waals surface area (Å²) >= 11 is 0. The van der Waals surface area contributed by atoms with Crippen LogP contribution in [0.3, 0.4) is 0 Å². The second-order valence-electron chi connectivity index (χ2n) is 4.47. The van der Waals surface area contributed by atoms with E-state index in [1.54, 1.807) is 32.0 Å². The lowest BCUT2D eigenvalue weighted by Crippen LogP contribution is -2.38. The largest absolute Gasteiger partial charge is 0.293 e. The standard InChI is InChI=1S/C11H12O3S/c1-11(2)7-15(13,14)9-6-4-3-5-8(9)10(11)12/h3-6H,7H2,1-2H3. The van der Waals surface area contributed by atoms with E-state index in [2.05, 4.69) is 0 Å². The molecule has 1 aromatic rings. The van der Waals surface area contributed by atoms with Crippen molar-refractivity contribution in [2.45, 2.75) is 18.7 Å². The molecule has 1 aromatic carbocycles. The molecule has 0 saturated carbocycles. The molecule has 0 spiro atoms. The summed E-state index contributed by atoms with van der Waals surface area (Å²) in [5, 5.41) is 0. The predicted molar refractivity (Wildman–Crippen MR) is 56.6 cm³/mol. The molecule has 0 N–H and O–H groups in total. The van der Waals surface area contributed by atoms with Crippen molar-refractivity contribution in [1.29, 1.82) is 0 Å². The molecule has 0 bridgehead atoms. The first kappa shape index (κ1) is 10.4. The Hall–Kier alpha value is -1.16. The Labute approximate surface area is 89.0 Å². The number of carbonyl (C=O) groups is 1. The molecule has 3 nitrogen and oxygen atoms in total. The van der Waals surface area contributed by atoms with E-state index in [-0.39, 0.29) is 16.4 Å². The van der Waals surface area contributed by atoms with Crippen LogP contribution < -0.4 is 0 Å². The topological polar surface area (TPSA) is 51.2 Å². The number of Topliss-reactive ketones (excluding diaryl/α,β-unsaturated/α-hetero) is 1. The van der Waals surface area contributed by atoms with Gasteiger partial charge in [0.15, 0.2) is 15.6 Å². The fourth-order valence-electron chi connectivity index (χ4n) is 1.91. The molecule has 2 rings (SSSR count). The Balaban J connectivity index is 2.78. The monoisotopic (exact) mass is 224 g/mol. The summed E-state index contributed by atoms with van der Waals surface area (Å²) in [5.41, 5.74) is -0.485. The summed E-state index contributed by atoms with van der Waals surface area (Å²) in [7, 11) is -3.30. The molecule has 0 radical (unpaired) electrons. The summed E-state index contributed by atoms with van der Waals surface area (Å²) in [6.07, 6.45) is 0. The van der Waals surface area contributed by atoms with E-state index in [9.17, 15) is 13.2 Å². The third-order valence-corrected chi connectivity index (χ3v) is 4.76. The quantitative estimate of drug-likeness (QED) is 0.673. The molecule has 0 atom stereocenters. The maximum atomic E-state index is 12.0. The molecule has 0 amide bonds. The summed E-state index contributed by atoms with van der Waals surface area (Å²) in [6.45, 7) is 3.34. The highest BCUT2D eigenvalue weighted by Gasteiger charge is 2.41. The maximum Gasteiger partial charge on any atom is 0.180 e. The van der Waals surface area contributed by atoms with Gasteiger partial charge in [-0.25, -0.2) is 8.42 Å². The lowest BCUT2D eigenvalue weighted by atomic mass is 9.86. The van der Waals surface area contributed by atoms with Crippen molar-refractivity contribution < 1.29 is 13.2 Å². The smallest absolute Gasteiger partial charge is 0.180 e. The van der Waals surface area contributed by atoms with Gasteiger partial charge in [-0.15, -0.1) is 0 Å². The number of sulfone groups is 1. The number of rotatable bonds is 0. The van der Waals surface area contributed by atoms with Crippen molar-refractivity contribution in [2.75, 3.05) is 5.75 Å². The zero-order valence-corrected chi connectivity index (χ0v) is 9.47. The molecule has 0 unspecified atom stereocenters. The Morgan fingerprint density at radius 2 is 1.80 bits per heavy atom. The molecule has 80 valence electrons. The fourth-order valence-corrected chi connectivity index (χ4v) is 3.93. The van der Waals surface area contributed by atoms with Gasteiger partial charge in [0.25, 0.3) is 0 Å². The van der Waals surface area contributed by atoms with E-state index in [0.29, 0.717) is 5.56 Å². The van der Waals surface area contributed by atoms with Crippen molar-refractivity contribution in [2.24, 2.45) is 5.41 Å². The van der Waals surface area contributed by atoms with Crippen LogP contribution in [-0.4, -0.2) is 20.0 Å². The summed E-state index contributed by atoms with van der Waals surface area (Å²) < 4.78 is 23.8. The lowest BCUT2D eigenvalue weighted by Gasteiger charge is -2.28. The molecule has 0 saturated heterocycles. The third-order valence-electron chi connectivity index (χ3n) is 2.63. The van der Waals surface area contributed by atoms with Gasteiger partial charge in [0.1, 0.15) is 0 Å². The molecule has 0 aromatic heterocycles. The van der Waals surface area contributed by atoms with Crippen LogP contribution in [0.25, 0.3) is 0 Å². The van der Waals surface area contributed by atoms with E-state index < -0.39 is 15.3 Å². The van der Waals surface area contributed by atoms with Crippen molar-refractivity contribution in [3.63, 3.8) is 0 Å². The molecular formula is C11H12O3S. The Bertz CT molecular complexity index is 527. The number of ketones is 1. The van der Waals surface area contributed by atoms with Crippen molar-refractivity contribution >= 4 is 15.6 Å². The zero-order chi connectivity index (χ0) is 11.3. The highest BCUT2D eigenvalue weighted by atomic mass is 32.2. The third kappa shape index (κ3) is 1.49. The van der Waals surface area contributed by atoms with Crippen LogP contribution >= 0.6 is 0 Å². The average molecular weight is 224 g/mol. The molecular weight excluding hydrogens is 212 g/mol. The van der Waals surface area contributed by atoms with Gasteiger partial charge in [-0.2, -0.15) is 0 Å². The molecule has 4 heteroatoms. The van der Waals surface area contributed by atoms with Gasteiger partial charge in [-0.05, 0) is 6.07 Å². The fraction of sp³-hybridized carbons (Fsp3) is 0.364. The molecule has 0 aliphatic carbocycles. The summed E-state index contributed by atoms with van der Waals surface area (Å²) in [4.78, 5) is 12.1. The Morgan fingerprint density at radius 3 is 2.47 bits per heavy atom. The lowest BCUT2D eigenvalue weighted by molar-refractivity contribution is 0.0852. The van der Waals surface area contributed by atoms with E-state index in [1.807, 2.05) is 0 Å². The number of hydrogen-bond acceptors (Lipinski definition) is 3. The van der Waals surface area contributed by atoms with Crippen molar-refractivity contribution in [1.82, 2.24) is 0 Å². The van der Waals surface area contributed by atoms with Gasteiger partial charge >= 0.3 is 0 Å². The highest BCUT2D eigenvalue weighted by molar-refractivity contribution is 7.91. The van der Waals surface area contributed by atoms with Crippen LogP contribution in [0.4, 0.5) is 0 Å². The minimum atomic E-state index is -3.30. The molecule has 1 heterocycles. The SMILES string of the molecule is CC1(C)CS(=O)(=O)c2ccccc2C1=O. The van der Waals surface area contributed by atoms with Gasteiger partial charge in [-0.3, -0.25) is 4.79 Å². The number of fused-ring (bicyclic) bond motifs is 1. The molecule has 0 fully saturated rings. The summed E-state index contributed by atoms with van der Waals surface area (Å²) in [5.74, 6) is -0.191. The molecule has 1 aliphatic rings. The zero-order valence-electron chi connectivity index (χ0n) is 8.65. The minimum absolute atomic E-state index is 0.0899. The minimum Gasteiger partial charge on any atom is -0.293 e. The van der Waals surface area contributed by atoms with Crippen LogP contribution in [0, 0.1) is 5.41 Å². The molecule has 1 aliphatic heterocycles. The van der Waals surface area contributed by atoms with Crippen molar-refractivity contribution in [3.8, 4) is 0 Å². The van der Waals surface area contributed by atoms with E-state index in [0.717, 1.165) is 0 Å². The van der Waals surface area contributed by atoms with E-state index in [1.165, 1.54) is 6.07 Å². The van der Waals surface area contributed by atoms with Crippen molar-refractivity contribution in [3.05, 3.63) is 29.8 Å². The number of carbonyl (C=O) groups excluding carboxylic acids is 1. The predicted octanol–water partition coefficient (Wildman–Crippen LogP) is 1.68. The van der Waals surface area contributed by atoms with Gasteiger partial charge in [0, 0.05) is 11.0 Å². The first-order valence-electron chi connectivity index (χ1n) is 4.71. The van der Waals surface area contributed by atoms with Gasteiger partial charge in [0.05, 0.1) is 10.6 Å². The van der Waals surface area contributed by atoms with Crippen LogP contribution in [0.5, 0.6) is 0 Å². The van der Waals surface area contributed by atoms with Gasteiger partial charge in [-0.1, -0.05) is 32.0 Å². The highest BCUT2D eigenvalue weighted by Crippen LogP contribution is 2.35. The number of benzene rings is 1. The number of hydrogen-bond donors (Lipinski definition) is 0. The van der Waals surface area contributed by atoms with Crippen LogP contribution in [0.2, 0.25) is 0 Å². The van der Waals surface area contributed by atoms with Crippen LogP contribution in [-0.2, 0) is 9.84 Å². The van der Waals surface area contributed by atoms with Crippen LogP contribution in [0.15, 0.2) is 29.2 Å². The Kier molecular flexibility index (Phi) is 2.01. The van der Waals surface area contributed by atoms with E-state index >= 15 is 0 Å². The summed E-state index contributed by atoms with van der Waals surface area (Å²) in [6, 6.07) is 6.41.